The van der Waals surface area contributed by atoms with Crippen LogP contribution in [0.4, 0.5) is 4.79 Å². The average Bonchev–Trinajstić information content (AvgIpc) is 3.03. The van der Waals surface area contributed by atoms with Crippen LogP contribution in [0.5, 0.6) is 0 Å². The molecule has 0 fully saturated rings. The van der Waals surface area contributed by atoms with Crippen molar-refractivity contribution in [3.63, 3.8) is 0 Å². The van der Waals surface area contributed by atoms with Gasteiger partial charge in [0.05, 0.1) is 18.8 Å². The second kappa shape index (κ2) is 14.0. The predicted molar refractivity (Wildman–Crippen MR) is 123 cm³/mol. The molecule has 0 spiro atoms. The van der Waals surface area contributed by atoms with Gasteiger partial charge in [0.2, 0.25) is 0 Å². The molecule has 156 valence electrons. The number of ether oxygens (including phenoxy) is 1. The Kier molecular flexibility index (Phi) is 13.4. The lowest BCUT2D eigenvalue weighted by molar-refractivity contribution is 0.146. The molecule has 1 amide bonds. The summed E-state index contributed by atoms with van der Waals surface area (Å²) in [5, 5.41) is 12.6. The lowest BCUT2D eigenvalue weighted by atomic mass is 10.0. The second-order valence-electron chi connectivity index (χ2n) is 6.82. The monoisotopic (exact) mass is 511 g/mol. The summed E-state index contributed by atoms with van der Waals surface area (Å²) < 4.78 is 4.98. The van der Waals surface area contributed by atoms with Gasteiger partial charge in [-0.05, 0) is 25.2 Å². The standard InChI is InChI=1S/C18H33N5O2S.HI/c1-7-25-18(24)22-14(8-12(2)3)9-20-17(19-6)21-10-16-23-15(11-26-16)13(4)5;/h11-14H,7-10H2,1-6H3,(H,22,24)(H2,19,20,21);1H. The molecule has 0 radical (unpaired) electrons. The Morgan fingerprint density at radius 2 is 2.00 bits per heavy atom. The normalized spacial score (nSPS) is 12.5. The number of thiazole rings is 1. The van der Waals surface area contributed by atoms with Crippen molar-refractivity contribution in [2.24, 2.45) is 10.9 Å². The summed E-state index contributed by atoms with van der Waals surface area (Å²) in [5.74, 6) is 1.58. The fourth-order valence-electron chi connectivity index (χ4n) is 2.37. The summed E-state index contributed by atoms with van der Waals surface area (Å²) in [6, 6.07) is -0.0278. The number of rotatable bonds is 9. The fraction of sp³-hybridized carbons (Fsp3) is 0.722. The Morgan fingerprint density at radius 3 is 2.52 bits per heavy atom. The molecule has 1 heterocycles. The molecule has 27 heavy (non-hydrogen) atoms. The summed E-state index contributed by atoms with van der Waals surface area (Å²) in [6.07, 6.45) is 0.472. The zero-order valence-corrected chi connectivity index (χ0v) is 20.3. The summed E-state index contributed by atoms with van der Waals surface area (Å²) in [7, 11) is 1.73. The number of aliphatic imine (C=N–C) groups is 1. The highest BCUT2D eigenvalue weighted by Gasteiger charge is 2.15. The van der Waals surface area contributed by atoms with Crippen molar-refractivity contribution in [3.8, 4) is 0 Å². The van der Waals surface area contributed by atoms with Gasteiger partial charge in [-0.2, -0.15) is 0 Å². The lowest BCUT2D eigenvalue weighted by Crippen LogP contribution is -2.47. The van der Waals surface area contributed by atoms with Crippen molar-refractivity contribution in [3.05, 3.63) is 16.1 Å². The van der Waals surface area contributed by atoms with Crippen LogP contribution in [-0.2, 0) is 11.3 Å². The van der Waals surface area contributed by atoms with Crippen molar-refractivity contribution in [2.75, 3.05) is 20.2 Å². The Balaban J connectivity index is 0.00000676. The Labute approximate surface area is 184 Å². The summed E-state index contributed by atoms with van der Waals surface area (Å²) in [4.78, 5) is 20.6. The predicted octanol–water partition coefficient (Wildman–Crippen LogP) is 3.71. The Morgan fingerprint density at radius 1 is 1.30 bits per heavy atom. The molecule has 1 aromatic rings. The first-order valence-corrected chi connectivity index (χ1v) is 10.1. The molecule has 0 saturated carbocycles. The molecular formula is C18H34IN5O2S. The van der Waals surface area contributed by atoms with Gasteiger partial charge in [0.1, 0.15) is 5.01 Å². The van der Waals surface area contributed by atoms with Crippen molar-refractivity contribution in [1.29, 1.82) is 0 Å². The van der Waals surface area contributed by atoms with E-state index in [1.165, 1.54) is 0 Å². The van der Waals surface area contributed by atoms with E-state index in [0.29, 0.717) is 37.5 Å². The quantitative estimate of drug-likeness (QED) is 0.267. The molecule has 1 rings (SSSR count). The third-order valence-electron chi connectivity index (χ3n) is 3.66. The van der Waals surface area contributed by atoms with Crippen LogP contribution in [0.15, 0.2) is 10.4 Å². The number of nitrogens with zero attached hydrogens (tertiary/aromatic N) is 2. The van der Waals surface area contributed by atoms with Crippen LogP contribution in [0.1, 0.15) is 57.7 Å². The van der Waals surface area contributed by atoms with E-state index in [0.717, 1.165) is 17.1 Å². The number of alkyl carbamates (subject to hydrolysis) is 1. The van der Waals surface area contributed by atoms with Gasteiger partial charge in [0, 0.05) is 25.0 Å². The van der Waals surface area contributed by atoms with Gasteiger partial charge in [-0.1, -0.05) is 27.7 Å². The topological polar surface area (TPSA) is 87.6 Å². The number of hydrogen-bond donors (Lipinski definition) is 3. The van der Waals surface area contributed by atoms with E-state index in [2.05, 4.69) is 59.0 Å². The van der Waals surface area contributed by atoms with Crippen molar-refractivity contribution < 1.29 is 9.53 Å². The van der Waals surface area contributed by atoms with E-state index >= 15 is 0 Å². The first kappa shape index (κ1) is 25.9. The molecular weight excluding hydrogens is 477 g/mol. The summed E-state index contributed by atoms with van der Waals surface area (Å²) in [6.45, 7) is 11.9. The van der Waals surface area contributed by atoms with E-state index in [-0.39, 0.29) is 36.1 Å². The Hall–Kier alpha value is -1.10. The van der Waals surface area contributed by atoms with E-state index in [1.807, 2.05) is 0 Å². The van der Waals surface area contributed by atoms with Crippen LogP contribution in [0, 0.1) is 5.92 Å². The molecule has 0 bridgehead atoms. The molecule has 0 aliphatic heterocycles. The maximum atomic E-state index is 11.7. The number of guanidine groups is 1. The van der Waals surface area contributed by atoms with E-state index in [4.69, 9.17) is 4.74 Å². The maximum absolute atomic E-state index is 11.7. The summed E-state index contributed by atoms with van der Waals surface area (Å²) in [5.41, 5.74) is 1.12. The highest BCUT2D eigenvalue weighted by molar-refractivity contribution is 14.0. The average molecular weight is 511 g/mol. The molecule has 0 aliphatic carbocycles. The Bertz CT molecular complexity index is 578. The number of halogens is 1. The van der Waals surface area contributed by atoms with Crippen LogP contribution in [0.2, 0.25) is 0 Å². The minimum atomic E-state index is -0.383. The smallest absolute Gasteiger partial charge is 0.407 e. The molecule has 7 nitrogen and oxygen atoms in total. The van der Waals surface area contributed by atoms with Crippen LogP contribution in [0.3, 0.4) is 0 Å². The molecule has 0 aliphatic rings. The van der Waals surface area contributed by atoms with E-state index < -0.39 is 0 Å². The van der Waals surface area contributed by atoms with Gasteiger partial charge in [0.15, 0.2) is 5.96 Å². The third-order valence-corrected chi connectivity index (χ3v) is 4.53. The third kappa shape index (κ3) is 10.7. The van der Waals surface area contributed by atoms with Crippen LogP contribution >= 0.6 is 35.3 Å². The molecule has 1 unspecified atom stereocenters. The number of amides is 1. The fourth-order valence-corrected chi connectivity index (χ4v) is 3.27. The SMILES string of the molecule is CCOC(=O)NC(CNC(=NC)NCc1nc(C(C)C)cs1)CC(C)C.I. The highest BCUT2D eigenvalue weighted by Crippen LogP contribution is 2.17. The minimum absolute atomic E-state index is 0. The first-order valence-electron chi connectivity index (χ1n) is 9.17. The van der Waals surface area contributed by atoms with Crippen molar-refractivity contribution in [2.45, 2.75) is 59.5 Å². The summed E-state index contributed by atoms with van der Waals surface area (Å²) >= 11 is 1.65. The minimum Gasteiger partial charge on any atom is -0.450 e. The molecule has 0 aromatic carbocycles. The molecule has 1 atom stereocenters. The lowest BCUT2D eigenvalue weighted by Gasteiger charge is -2.22. The highest BCUT2D eigenvalue weighted by atomic mass is 127. The van der Waals surface area contributed by atoms with Gasteiger partial charge in [0.25, 0.3) is 0 Å². The zero-order chi connectivity index (χ0) is 19.5. The molecule has 9 heteroatoms. The van der Waals surface area contributed by atoms with Gasteiger partial charge in [-0.25, -0.2) is 9.78 Å². The molecule has 0 saturated heterocycles. The van der Waals surface area contributed by atoms with Crippen LogP contribution < -0.4 is 16.0 Å². The zero-order valence-electron chi connectivity index (χ0n) is 17.2. The van der Waals surface area contributed by atoms with Gasteiger partial charge in [-0.3, -0.25) is 4.99 Å². The van der Waals surface area contributed by atoms with Crippen LogP contribution in [0.25, 0.3) is 0 Å². The van der Waals surface area contributed by atoms with E-state index in [1.54, 1.807) is 25.3 Å². The van der Waals surface area contributed by atoms with E-state index in [9.17, 15) is 4.79 Å². The maximum Gasteiger partial charge on any atom is 0.407 e. The second-order valence-corrected chi connectivity index (χ2v) is 7.76. The van der Waals surface area contributed by atoms with Gasteiger partial charge < -0.3 is 20.7 Å². The van der Waals surface area contributed by atoms with Gasteiger partial charge in [-0.15, -0.1) is 35.3 Å². The van der Waals surface area contributed by atoms with Crippen molar-refractivity contribution in [1.82, 2.24) is 20.9 Å². The molecule has 3 N–H and O–H groups in total. The number of carbonyl (C=O) groups is 1. The number of carbonyl (C=O) groups excluding carboxylic acids is 1. The number of nitrogens with one attached hydrogen (secondary N) is 3. The molecule has 1 aromatic heterocycles. The van der Waals surface area contributed by atoms with Crippen molar-refractivity contribution >= 4 is 47.4 Å². The van der Waals surface area contributed by atoms with Gasteiger partial charge >= 0.3 is 6.09 Å². The number of hydrogen-bond acceptors (Lipinski definition) is 5. The largest absolute Gasteiger partial charge is 0.450 e. The van der Waals surface area contributed by atoms with Crippen LogP contribution in [-0.4, -0.2) is 43.3 Å². The first-order chi connectivity index (χ1) is 12.3. The number of aromatic nitrogens is 1.